The van der Waals surface area contributed by atoms with Crippen molar-refractivity contribution >= 4 is 5.91 Å². The van der Waals surface area contributed by atoms with Crippen LogP contribution in [-0.4, -0.2) is 19.0 Å². The highest BCUT2D eigenvalue weighted by atomic mass is 19.4. The predicted molar refractivity (Wildman–Crippen MR) is 59.7 cm³/mol. The third-order valence-corrected chi connectivity index (χ3v) is 2.87. The Morgan fingerprint density at radius 2 is 2.11 bits per heavy atom. The average molecular weight is 258 g/mol. The minimum Gasteiger partial charge on any atom is -0.352 e. The Labute approximate surface area is 102 Å². The van der Waals surface area contributed by atoms with E-state index in [1.165, 1.54) is 6.07 Å². The van der Waals surface area contributed by atoms with E-state index in [1.807, 2.05) is 0 Å². The lowest BCUT2D eigenvalue weighted by Crippen LogP contribution is -2.50. The minimum absolute atomic E-state index is 0.0594. The second-order valence-electron chi connectivity index (χ2n) is 4.27. The molecule has 0 saturated carbocycles. The molecule has 0 bridgehead atoms. The summed E-state index contributed by atoms with van der Waals surface area (Å²) in [7, 11) is 0. The Kier molecular flexibility index (Phi) is 3.56. The smallest absolute Gasteiger partial charge is 0.352 e. The summed E-state index contributed by atoms with van der Waals surface area (Å²) in [6, 6.07) is 4.98. The summed E-state index contributed by atoms with van der Waals surface area (Å²) >= 11 is 0. The van der Waals surface area contributed by atoms with Crippen LogP contribution >= 0.6 is 0 Å². The molecule has 1 amide bonds. The summed E-state index contributed by atoms with van der Waals surface area (Å²) in [6.45, 7) is 1.39. The van der Waals surface area contributed by atoms with Crippen molar-refractivity contribution in [2.75, 3.05) is 13.1 Å². The van der Waals surface area contributed by atoms with Crippen LogP contribution in [0.2, 0.25) is 0 Å². The van der Waals surface area contributed by atoms with Gasteiger partial charge in [0, 0.05) is 19.6 Å². The fraction of sp³-hybridized carbons (Fsp3) is 0.417. The maximum absolute atomic E-state index is 12.5. The molecule has 1 fully saturated rings. The van der Waals surface area contributed by atoms with E-state index in [1.54, 1.807) is 6.07 Å². The van der Waals surface area contributed by atoms with Gasteiger partial charge in [-0.1, -0.05) is 12.1 Å². The van der Waals surface area contributed by atoms with E-state index < -0.39 is 11.7 Å². The highest BCUT2D eigenvalue weighted by molar-refractivity contribution is 5.79. The first-order chi connectivity index (χ1) is 8.47. The highest BCUT2D eigenvalue weighted by Gasteiger charge is 2.30. The van der Waals surface area contributed by atoms with Gasteiger partial charge in [0.1, 0.15) is 0 Å². The quantitative estimate of drug-likeness (QED) is 0.863. The van der Waals surface area contributed by atoms with E-state index in [9.17, 15) is 18.0 Å². The van der Waals surface area contributed by atoms with Crippen molar-refractivity contribution in [2.45, 2.75) is 12.7 Å². The van der Waals surface area contributed by atoms with Crippen LogP contribution in [-0.2, 0) is 17.5 Å². The van der Waals surface area contributed by atoms with Crippen LogP contribution in [0.3, 0.4) is 0 Å². The van der Waals surface area contributed by atoms with Crippen molar-refractivity contribution < 1.29 is 18.0 Å². The molecule has 0 aromatic heterocycles. The lowest BCUT2D eigenvalue weighted by atomic mass is 10.0. The summed E-state index contributed by atoms with van der Waals surface area (Å²) < 4.78 is 37.4. The van der Waals surface area contributed by atoms with Crippen LogP contribution in [0, 0.1) is 5.92 Å². The van der Waals surface area contributed by atoms with Crippen LogP contribution in [0.5, 0.6) is 0 Å². The number of hydrogen-bond donors (Lipinski definition) is 2. The molecule has 1 aromatic carbocycles. The van der Waals surface area contributed by atoms with Gasteiger partial charge in [-0.25, -0.2) is 0 Å². The summed E-state index contributed by atoms with van der Waals surface area (Å²) in [6.07, 6.45) is -4.35. The maximum atomic E-state index is 12.5. The number of carbonyl (C=O) groups is 1. The molecule has 2 rings (SSSR count). The molecular weight excluding hydrogens is 245 g/mol. The Balaban J connectivity index is 1.95. The van der Waals surface area contributed by atoms with Crippen molar-refractivity contribution in [3.8, 4) is 0 Å². The van der Waals surface area contributed by atoms with Crippen LogP contribution in [0.15, 0.2) is 24.3 Å². The molecule has 0 radical (unpaired) electrons. The van der Waals surface area contributed by atoms with Gasteiger partial charge in [-0.3, -0.25) is 4.79 Å². The predicted octanol–water partition coefficient (Wildman–Crippen LogP) is 1.54. The number of hydrogen-bond acceptors (Lipinski definition) is 2. The van der Waals surface area contributed by atoms with Crippen LogP contribution < -0.4 is 10.6 Å². The van der Waals surface area contributed by atoms with Gasteiger partial charge in [0.05, 0.1) is 11.5 Å². The van der Waals surface area contributed by atoms with Crippen molar-refractivity contribution in [2.24, 2.45) is 5.92 Å². The van der Waals surface area contributed by atoms with Gasteiger partial charge in [0.2, 0.25) is 5.91 Å². The van der Waals surface area contributed by atoms with E-state index in [2.05, 4.69) is 10.6 Å². The first-order valence-electron chi connectivity index (χ1n) is 5.61. The molecule has 1 aromatic rings. The number of rotatable bonds is 3. The van der Waals surface area contributed by atoms with Gasteiger partial charge in [0.25, 0.3) is 0 Å². The van der Waals surface area contributed by atoms with Crippen molar-refractivity contribution in [3.63, 3.8) is 0 Å². The molecule has 1 aliphatic rings. The van der Waals surface area contributed by atoms with E-state index >= 15 is 0 Å². The molecule has 0 aliphatic carbocycles. The molecule has 1 aliphatic heterocycles. The van der Waals surface area contributed by atoms with Gasteiger partial charge in [-0.05, 0) is 17.7 Å². The third kappa shape index (κ3) is 3.01. The standard InChI is InChI=1S/C12H13F3N2O/c13-12(14,15)10-3-1-2-8(4-10)5-17-11(18)9-6-16-7-9/h1-4,9,16H,5-7H2,(H,17,18). The van der Waals surface area contributed by atoms with Crippen LogP contribution in [0.25, 0.3) is 0 Å². The SMILES string of the molecule is O=C(NCc1cccc(C(F)(F)F)c1)C1CNC1. The number of halogens is 3. The zero-order valence-electron chi connectivity index (χ0n) is 9.55. The Morgan fingerprint density at radius 1 is 1.39 bits per heavy atom. The molecule has 6 heteroatoms. The molecule has 2 N–H and O–H groups in total. The first kappa shape index (κ1) is 12.9. The zero-order valence-corrected chi connectivity index (χ0v) is 9.55. The number of benzene rings is 1. The molecule has 0 atom stereocenters. The lowest BCUT2D eigenvalue weighted by Gasteiger charge is -2.25. The van der Waals surface area contributed by atoms with Crippen LogP contribution in [0.4, 0.5) is 13.2 Å². The maximum Gasteiger partial charge on any atom is 0.416 e. The second kappa shape index (κ2) is 4.97. The first-order valence-corrected chi connectivity index (χ1v) is 5.61. The lowest BCUT2D eigenvalue weighted by molar-refractivity contribution is -0.137. The molecule has 1 heterocycles. The number of amides is 1. The largest absolute Gasteiger partial charge is 0.416 e. The summed E-state index contributed by atoms with van der Waals surface area (Å²) in [4.78, 5) is 11.5. The number of nitrogens with one attached hydrogen (secondary N) is 2. The second-order valence-corrected chi connectivity index (χ2v) is 4.27. The van der Waals surface area contributed by atoms with Gasteiger partial charge < -0.3 is 10.6 Å². The molecular formula is C12H13F3N2O. The summed E-state index contributed by atoms with van der Waals surface area (Å²) in [5.74, 6) is -0.179. The summed E-state index contributed by atoms with van der Waals surface area (Å²) in [5.41, 5.74) is -0.245. The van der Waals surface area contributed by atoms with Crippen molar-refractivity contribution in [3.05, 3.63) is 35.4 Å². The fourth-order valence-corrected chi connectivity index (χ4v) is 1.67. The normalized spacial score (nSPS) is 16.2. The Morgan fingerprint density at radius 3 is 2.67 bits per heavy atom. The molecule has 18 heavy (non-hydrogen) atoms. The number of alkyl halides is 3. The molecule has 0 unspecified atom stereocenters. The number of carbonyl (C=O) groups excluding carboxylic acids is 1. The third-order valence-electron chi connectivity index (χ3n) is 2.87. The van der Waals surface area contributed by atoms with Gasteiger partial charge in [-0.2, -0.15) is 13.2 Å². The zero-order chi connectivity index (χ0) is 13.2. The Hall–Kier alpha value is -1.56. The Bertz CT molecular complexity index is 441. The van der Waals surface area contributed by atoms with Crippen molar-refractivity contribution in [1.29, 1.82) is 0 Å². The van der Waals surface area contributed by atoms with E-state index in [0.29, 0.717) is 18.7 Å². The van der Waals surface area contributed by atoms with E-state index in [-0.39, 0.29) is 18.4 Å². The van der Waals surface area contributed by atoms with Crippen LogP contribution in [0.1, 0.15) is 11.1 Å². The van der Waals surface area contributed by atoms with Gasteiger partial charge in [-0.15, -0.1) is 0 Å². The van der Waals surface area contributed by atoms with Gasteiger partial charge in [0.15, 0.2) is 0 Å². The van der Waals surface area contributed by atoms with E-state index in [4.69, 9.17) is 0 Å². The molecule has 0 spiro atoms. The van der Waals surface area contributed by atoms with Crippen molar-refractivity contribution in [1.82, 2.24) is 10.6 Å². The molecule has 98 valence electrons. The highest BCUT2D eigenvalue weighted by Crippen LogP contribution is 2.29. The minimum atomic E-state index is -4.35. The topological polar surface area (TPSA) is 41.1 Å². The average Bonchev–Trinajstić information content (AvgIpc) is 2.23. The summed E-state index contributed by atoms with van der Waals surface area (Å²) in [5, 5.41) is 5.59. The van der Waals surface area contributed by atoms with Gasteiger partial charge >= 0.3 is 6.18 Å². The van der Waals surface area contributed by atoms with E-state index in [0.717, 1.165) is 12.1 Å². The monoisotopic (exact) mass is 258 g/mol. The molecule has 3 nitrogen and oxygen atoms in total. The molecule has 1 saturated heterocycles. The fourth-order valence-electron chi connectivity index (χ4n) is 1.67.